The van der Waals surface area contributed by atoms with E-state index in [-0.39, 0.29) is 12.2 Å². The van der Waals surface area contributed by atoms with E-state index >= 15 is 0 Å². The van der Waals surface area contributed by atoms with Crippen LogP contribution in [0.3, 0.4) is 0 Å². The van der Waals surface area contributed by atoms with Crippen LogP contribution in [0.25, 0.3) is 0 Å². The molecule has 0 fully saturated rings. The quantitative estimate of drug-likeness (QED) is 0.504. The van der Waals surface area contributed by atoms with Crippen molar-refractivity contribution >= 4 is 5.97 Å². The Balaban J connectivity index is 0.000000341. The topological polar surface area (TPSA) is 107 Å². The lowest BCUT2D eigenvalue weighted by atomic mass is 10.1. The van der Waals surface area contributed by atoms with Crippen molar-refractivity contribution in [2.75, 3.05) is 6.61 Å². The van der Waals surface area contributed by atoms with Crippen molar-refractivity contribution in [2.45, 2.75) is 20.3 Å². The Hall–Kier alpha value is -2.89. The second-order valence-corrected chi connectivity index (χ2v) is 5.52. The van der Waals surface area contributed by atoms with Crippen LogP contribution in [-0.4, -0.2) is 33.0 Å². The van der Waals surface area contributed by atoms with E-state index in [1.165, 1.54) is 0 Å². The number of carbonyl (C=O) groups excluding carboxylic acids is 1. The number of hydrogen-bond donors (Lipinski definition) is 4. The third kappa shape index (κ3) is 6.48. The van der Waals surface area contributed by atoms with Gasteiger partial charge in [-0.3, -0.25) is 0 Å². The van der Waals surface area contributed by atoms with E-state index in [0.717, 1.165) is 18.6 Å². The molecule has 0 unspecified atom stereocenters. The lowest BCUT2D eigenvalue weighted by Gasteiger charge is -2.08. The monoisotopic (exact) mass is 334 g/mol. The smallest absolute Gasteiger partial charge is 0.338 e. The molecule has 0 aromatic heterocycles. The van der Waals surface area contributed by atoms with Crippen molar-refractivity contribution in [3.05, 3.63) is 48.0 Å². The van der Waals surface area contributed by atoms with Gasteiger partial charge in [0.05, 0.1) is 12.2 Å². The maximum atomic E-state index is 11.5. The summed E-state index contributed by atoms with van der Waals surface area (Å²) in [5, 5.41) is 36.2. The highest BCUT2D eigenvalue weighted by molar-refractivity contribution is 5.91. The largest absolute Gasteiger partial charge is 0.508 e. The number of phenols is 4. The summed E-state index contributed by atoms with van der Waals surface area (Å²) in [6.45, 7) is 4.29. The number of esters is 1. The van der Waals surface area contributed by atoms with Crippen LogP contribution in [0.1, 0.15) is 30.6 Å². The van der Waals surface area contributed by atoms with Crippen molar-refractivity contribution in [2.24, 2.45) is 5.92 Å². The highest BCUT2D eigenvalue weighted by Crippen LogP contribution is 2.35. The van der Waals surface area contributed by atoms with Gasteiger partial charge in [0.1, 0.15) is 5.75 Å². The van der Waals surface area contributed by atoms with E-state index in [1.807, 2.05) is 19.9 Å². The molecule has 0 atom stereocenters. The molecule has 2 aromatic carbocycles. The van der Waals surface area contributed by atoms with Gasteiger partial charge >= 0.3 is 5.97 Å². The van der Waals surface area contributed by atoms with Crippen LogP contribution in [0, 0.1) is 5.92 Å². The van der Waals surface area contributed by atoms with Crippen LogP contribution in [0.4, 0.5) is 0 Å². The molecule has 0 radical (unpaired) electrons. The van der Waals surface area contributed by atoms with Crippen LogP contribution >= 0.6 is 0 Å². The molecule has 6 nitrogen and oxygen atoms in total. The second-order valence-electron chi connectivity index (χ2n) is 5.52. The van der Waals surface area contributed by atoms with Gasteiger partial charge in [0.2, 0.25) is 0 Å². The molecule has 0 aliphatic carbocycles. The fraction of sp³-hybridized carbons (Fsp3) is 0.278. The fourth-order valence-electron chi connectivity index (χ4n) is 1.62. The molecule has 2 aromatic rings. The van der Waals surface area contributed by atoms with E-state index in [2.05, 4.69) is 0 Å². The molecule has 130 valence electrons. The van der Waals surface area contributed by atoms with E-state index < -0.39 is 23.2 Å². The first-order valence-electron chi connectivity index (χ1n) is 7.47. The second kappa shape index (κ2) is 9.29. The van der Waals surface area contributed by atoms with Crippen molar-refractivity contribution in [1.82, 2.24) is 0 Å². The van der Waals surface area contributed by atoms with E-state index in [0.29, 0.717) is 11.7 Å². The Labute approximate surface area is 140 Å². The van der Waals surface area contributed by atoms with Crippen LogP contribution in [-0.2, 0) is 4.74 Å². The molecule has 2 rings (SSSR count). The Morgan fingerprint density at radius 2 is 1.54 bits per heavy atom. The third-order valence-corrected chi connectivity index (χ3v) is 2.99. The number of ether oxygens (including phenoxy) is 1. The number of benzene rings is 2. The zero-order valence-electron chi connectivity index (χ0n) is 13.6. The molecule has 0 saturated heterocycles. The van der Waals surface area contributed by atoms with Gasteiger partial charge in [-0.15, -0.1) is 0 Å². The third-order valence-electron chi connectivity index (χ3n) is 2.99. The molecular weight excluding hydrogens is 312 g/mol. The van der Waals surface area contributed by atoms with Crippen LogP contribution < -0.4 is 0 Å². The average molecular weight is 334 g/mol. The standard InChI is InChI=1S/C12H16O5.C6H6O/c1-7(2)3-4-17-12(16)8-5-9(13)11(15)10(14)6-8;7-6-4-2-1-3-5-6/h5-7,13-15H,3-4H2,1-2H3;1-5,7H. The van der Waals surface area contributed by atoms with Gasteiger partial charge in [0.25, 0.3) is 0 Å². The fourth-order valence-corrected chi connectivity index (χ4v) is 1.62. The Kier molecular flexibility index (Phi) is 7.42. The van der Waals surface area contributed by atoms with E-state index in [9.17, 15) is 15.0 Å². The highest BCUT2D eigenvalue weighted by atomic mass is 16.5. The van der Waals surface area contributed by atoms with Crippen LogP contribution in [0.2, 0.25) is 0 Å². The van der Waals surface area contributed by atoms with Crippen LogP contribution in [0.5, 0.6) is 23.0 Å². The van der Waals surface area contributed by atoms with Gasteiger partial charge in [-0.25, -0.2) is 4.79 Å². The minimum atomic E-state index is -0.649. The average Bonchev–Trinajstić information content (AvgIpc) is 2.53. The first-order chi connectivity index (χ1) is 11.3. The maximum Gasteiger partial charge on any atom is 0.338 e. The number of hydrogen-bond acceptors (Lipinski definition) is 6. The number of phenolic OH excluding ortho intramolecular Hbond substituents is 4. The minimum absolute atomic E-state index is 0.00144. The van der Waals surface area contributed by atoms with Gasteiger partial charge in [-0.1, -0.05) is 32.0 Å². The summed E-state index contributed by atoms with van der Waals surface area (Å²) in [4.78, 5) is 11.5. The van der Waals surface area contributed by atoms with Gasteiger partial charge in [0.15, 0.2) is 17.2 Å². The predicted octanol–water partition coefficient (Wildman–Crippen LogP) is 3.40. The zero-order chi connectivity index (χ0) is 18.1. The predicted molar refractivity (Wildman–Crippen MR) is 89.3 cm³/mol. The van der Waals surface area contributed by atoms with E-state index in [4.69, 9.17) is 14.9 Å². The van der Waals surface area contributed by atoms with Crippen molar-refractivity contribution in [1.29, 1.82) is 0 Å². The molecular formula is C18H22O6. The molecule has 24 heavy (non-hydrogen) atoms. The van der Waals surface area contributed by atoms with Crippen LogP contribution in [0.15, 0.2) is 42.5 Å². The number of rotatable bonds is 4. The van der Waals surface area contributed by atoms with Gasteiger partial charge < -0.3 is 25.2 Å². The van der Waals surface area contributed by atoms with Crippen molar-refractivity contribution < 1.29 is 30.0 Å². The minimum Gasteiger partial charge on any atom is -0.508 e. The molecule has 0 bridgehead atoms. The zero-order valence-corrected chi connectivity index (χ0v) is 13.6. The molecule has 0 amide bonds. The summed E-state index contributed by atoms with van der Waals surface area (Å²) in [6.07, 6.45) is 0.738. The maximum absolute atomic E-state index is 11.5. The van der Waals surface area contributed by atoms with Crippen molar-refractivity contribution in [3.63, 3.8) is 0 Å². The SMILES string of the molecule is CC(C)CCOC(=O)c1cc(O)c(O)c(O)c1.Oc1ccccc1. The van der Waals surface area contributed by atoms with Gasteiger partial charge in [-0.05, 0) is 36.6 Å². The van der Waals surface area contributed by atoms with Crippen molar-refractivity contribution in [3.8, 4) is 23.0 Å². The molecule has 0 aliphatic heterocycles. The Morgan fingerprint density at radius 3 is 1.96 bits per heavy atom. The molecule has 6 heteroatoms. The summed E-state index contributed by atoms with van der Waals surface area (Å²) in [6, 6.07) is 10.8. The number of para-hydroxylation sites is 1. The summed E-state index contributed by atoms with van der Waals surface area (Å²) < 4.78 is 4.95. The normalized spacial score (nSPS) is 9.96. The molecule has 4 N–H and O–H groups in total. The molecule has 0 aliphatic rings. The summed E-state index contributed by atoms with van der Waals surface area (Å²) in [5.41, 5.74) is 0.00144. The summed E-state index contributed by atoms with van der Waals surface area (Å²) in [5.74, 6) is -1.66. The van der Waals surface area contributed by atoms with Gasteiger partial charge in [-0.2, -0.15) is 0 Å². The first-order valence-corrected chi connectivity index (χ1v) is 7.47. The van der Waals surface area contributed by atoms with Gasteiger partial charge in [0, 0.05) is 0 Å². The number of aromatic hydroxyl groups is 4. The lowest BCUT2D eigenvalue weighted by molar-refractivity contribution is 0.0487. The number of carbonyl (C=O) groups is 1. The molecule has 0 saturated carbocycles. The Bertz CT molecular complexity index is 629. The lowest BCUT2D eigenvalue weighted by Crippen LogP contribution is -2.08. The molecule has 0 spiro atoms. The first kappa shape index (κ1) is 19.2. The molecule has 0 heterocycles. The van der Waals surface area contributed by atoms with E-state index in [1.54, 1.807) is 24.3 Å². The highest BCUT2D eigenvalue weighted by Gasteiger charge is 2.14. The summed E-state index contributed by atoms with van der Waals surface area (Å²) >= 11 is 0. The Morgan fingerprint density at radius 1 is 1.00 bits per heavy atom. The summed E-state index contributed by atoms with van der Waals surface area (Å²) in [7, 11) is 0.